The zero-order valence-electron chi connectivity index (χ0n) is 11.7. The lowest BCUT2D eigenvalue weighted by molar-refractivity contribution is 0.182. The molecule has 0 aliphatic rings. The third-order valence-electron chi connectivity index (χ3n) is 3.12. The lowest BCUT2D eigenvalue weighted by Gasteiger charge is -2.02. The minimum atomic E-state index is -0.645. The minimum absolute atomic E-state index is 0.0547. The molecule has 21 heavy (non-hydrogen) atoms. The monoisotopic (exact) mass is 290 g/mol. The van der Waals surface area contributed by atoms with Crippen molar-refractivity contribution in [1.29, 1.82) is 0 Å². The molecule has 1 aromatic heterocycles. The second-order valence-electron chi connectivity index (χ2n) is 5.05. The Morgan fingerprint density at radius 3 is 2.76 bits per heavy atom. The van der Waals surface area contributed by atoms with Crippen LogP contribution in [-0.2, 0) is 0 Å². The average Bonchev–Trinajstić information content (AvgIpc) is 2.36. The Balaban J connectivity index is 2.22. The molecule has 0 aliphatic heterocycles. The standard InChI is InChI=1S/C16H18O5/c1-10(17)5-3-2-4-6-13-8-11-7-12(18)9-14(19)15(11)16(20)21-13/h4,6-10,17-19H,2-3,5H2,1H3/b6-4+. The van der Waals surface area contributed by atoms with Crippen LogP contribution in [0.1, 0.15) is 31.9 Å². The summed E-state index contributed by atoms with van der Waals surface area (Å²) in [5.41, 5.74) is -0.645. The number of aliphatic hydroxyl groups excluding tert-OH is 1. The summed E-state index contributed by atoms with van der Waals surface area (Å²) in [6.45, 7) is 1.74. The second kappa shape index (κ2) is 6.45. The van der Waals surface area contributed by atoms with E-state index < -0.39 is 5.63 Å². The first-order chi connectivity index (χ1) is 9.97. The van der Waals surface area contributed by atoms with Crippen LogP contribution in [0.25, 0.3) is 16.8 Å². The summed E-state index contributed by atoms with van der Waals surface area (Å²) in [5, 5.41) is 28.7. The number of aromatic hydroxyl groups is 2. The number of phenolic OH excluding ortho intramolecular Hbond substituents is 2. The highest BCUT2D eigenvalue weighted by Gasteiger charge is 2.09. The van der Waals surface area contributed by atoms with Gasteiger partial charge in [-0.1, -0.05) is 6.08 Å². The Morgan fingerprint density at radius 1 is 1.29 bits per heavy atom. The van der Waals surface area contributed by atoms with Gasteiger partial charge in [-0.25, -0.2) is 4.79 Å². The number of aliphatic hydroxyl groups is 1. The maximum atomic E-state index is 11.8. The van der Waals surface area contributed by atoms with Crippen molar-refractivity contribution in [3.63, 3.8) is 0 Å². The van der Waals surface area contributed by atoms with Crippen molar-refractivity contribution < 1.29 is 19.7 Å². The summed E-state index contributed by atoms with van der Waals surface area (Å²) in [7, 11) is 0. The fraction of sp³-hybridized carbons (Fsp3) is 0.312. The number of unbranched alkanes of at least 4 members (excludes halogenated alkanes) is 1. The quantitative estimate of drug-likeness (QED) is 0.736. The first kappa shape index (κ1) is 15.1. The molecule has 3 N–H and O–H groups in total. The average molecular weight is 290 g/mol. The van der Waals surface area contributed by atoms with Crippen LogP contribution in [0.3, 0.4) is 0 Å². The van der Waals surface area contributed by atoms with Crippen LogP contribution in [0.2, 0.25) is 0 Å². The van der Waals surface area contributed by atoms with Gasteiger partial charge in [0, 0.05) is 11.5 Å². The zero-order valence-corrected chi connectivity index (χ0v) is 11.7. The Bertz CT molecular complexity index is 712. The van der Waals surface area contributed by atoms with E-state index in [0.29, 0.717) is 17.6 Å². The van der Waals surface area contributed by atoms with E-state index in [1.54, 1.807) is 19.1 Å². The fourth-order valence-electron chi connectivity index (χ4n) is 2.12. The molecule has 1 aromatic carbocycles. The molecular weight excluding hydrogens is 272 g/mol. The van der Waals surface area contributed by atoms with Gasteiger partial charge in [-0.3, -0.25) is 0 Å². The Labute approximate surface area is 121 Å². The highest BCUT2D eigenvalue weighted by atomic mass is 16.4. The lowest BCUT2D eigenvalue weighted by Crippen LogP contribution is -2.00. The molecule has 1 heterocycles. The van der Waals surface area contributed by atoms with Gasteiger partial charge in [0.2, 0.25) is 0 Å². The molecule has 2 rings (SSSR count). The molecule has 1 atom stereocenters. The van der Waals surface area contributed by atoms with Crippen LogP contribution in [0.5, 0.6) is 11.5 Å². The molecule has 0 spiro atoms. The number of allylic oxidation sites excluding steroid dienone is 1. The van der Waals surface area contributed by atoms with Gasteiger partial charge >= 0.3 is 5.63 Å². The van der Waals surface area contributed by atoms with E-state index in [9.17, 15) is 15.0 Å². The Kier molecular flexibility index (Phi) is 4.65. The molecule has 2 aromatic rings. The first-order valence-corrected chi connectivity index (χ1v) is 6.82. The molecule has 0 saturated carbocycles. The lowest BCUT2D eigenvalue weighted by atomic mass is 10.1. The van der Waals surface area contributed by atoms with Crippen molar-refractivity contribution >= 4 is 16.8 Å². The highest BCUT2D eigenvalue weighted by Crippen LogP contribution is 2.27. The summed E-state index contributed by atoms with van der Waals surface area (Å²) in [5.74, 6) is -0.0572. The van der Waals surface area contributed by atoms with Gasteiger partial charge in [-0.2, -0.15) is 0 Å². The van der Waals surface area contributed by atoms with Crippen LogP contribution < -0.4 is 5.63 Å². The normalized spacial score (nSPS) is 13.0. The van der Waals surface area contributed by atoms with E-state index in [1.807, 2.05) is 6.08 Å². The summed E-state index contributed by atoms with van der Waals surface area (Å²) in [4.78, 5) is 11.8. The van der Waals surface area contributed by atoms with E-state index in [2.05, 4.69) is 0 Å². The fourth-order valence-corrected chi connectivity index (χ4v) is 2.12. The van der Waals surface area contributed by atoms with E-state index in [4.69, 9.17) is 9.52 Å². The summed E-state index contributed by atoms with van der Waals surface area (Å²) in [6, 6.07) is 4.09. The molecule has 5 heteroatoms. The SMILES string of the molecule is CC(O)CCC/C=C/c1cc2cc(O)cc(O)c2c(=O)o1. The van der Waals surface area contributed by atoms with Gasteiger partial charge in [0.15, 0.2) is 0 Å². The van der Waals surface area contributed by atoms with Crippen molar-refractivity contribution in [2.45, 2.75) is 32.3 Å². The summed E-state index contributed by atoms with van der Waals surface area (Å²) >= 11 is 0. The molecular formula is C16H18O5. The van der Waals surface area contributed by atoms with Gasteiger partial charge in [0.25, 0.3) is 0 Å². The van der Waals surface area contributed by atoms with Crippen LogP contribution in [0.4, 0.5) is 0 Å². The van der Waals surface area contributed by atoms with Gasteiger partial charge in [0.1, 0.15) is 22.6 Å². The summed E-state index contributed by atoms with van der Waals surface area (Å²) < 4.78 is 5.11. The van der Waals surface area contributed by atoms with Crippen LogP contribution in [-0.4, -0.2) is 21.4 Å². The first-order valence-electron chi connectivity index (χ1n) is 6.82. The van der Waals surface area contributed by atoms with Gasteiger partial charge in [-0.05, 0) is 44.4 Å². The predicted molar refractivity (Wildman–Crippen MR) is 80.4 cm³/mol. The highest BCUT2D eigenvalue weighted by molar-refractivity contribution is 5.89. The molecule has 0 radical (unpaired) electrons. The number of fused-ring (bicyclic) bond motifs is 1. The van der Waals surface area contributed by atoms with Gasteiger partial charge in [-0.15, -0.1) is 0 Å². The third kappa shape index (κ3) is 3.86. The van der Waals surface area contributed by atoms with E-state index in [0.717, 1.165) is 18.9 Å². The third-order valence-corrected chi connectivity index (χ3v) is 3.12. The maximum Gasteiger partial charge on any atom is 0.347 e. The zero-order chi connectivity index (χ0) is 15.4. The largest absolute Gasteiger partial charge is 0.508 e. The molecule has 0 amide bonds. The van der Waals surface area contributed by atoms with Crippen LogP contribution in [0.15, 0.2) is 33.5 Å². The molecule has 0 bridgehead atoms. The smallest absolute Gasteiger partial charge is 0.347 e. The number of hydrogen-bond donors (Lipinski definition) is 3. The van der Waals surface area contributed by atoms with E-state index >= 15 is 0 Å². The predicted octanol–water partition coefficient (Wildman–Crippen LogP) is 2.77. The Hall–Kier alpha value is -2.27. The van der Waals surface area contributed by atoms with E-state index in [1.165, 1.54) is 6.07 Å². The van der Waals surface area contributed by atoms with Crippen LogP contribution in [0, 0.1) is 0 Å². The van der Waals surface area contributed by atoms with Crippen molar-refractivity contribution in [2.24, 2.45) is 0 Å². The van der Waals surface area contributed by atoms with E-state index in [-0.39, 0.29) is 23.0 Å². The number of hydrogen-bond acceptors (Lipinski definition) is 5. The maximum absolute atomic E-state index is 11.8. The molecule has 0 aliphatic carbocycles. The van der Waals surface area contributed by atoms with Gasteiger partial charge < -0.3 is 19.7 Å². The molecule has 1 unspecified atom stereocenters. The summed E-state index contributed by atoms with van der Waals surface area (Å²) in [6.07, 6.45) is 5.53. The van der Waals surface area contributed by atoms with Crippen molar-refractivity contribution in [2.75, 3.05) is 0 Å². The number of benzene rings is 1. The molecule has 0 fully saturated rings. The molecule has 0 saturated heterocycles. The number of rotatable bonds is 5. The topological polar surface area (TPSA) is 90.9 Å². The van der Waals surface area contributed by atoms with Crippen molar-refractivity contribution in [1.82, 2.24) is 0 Å². The molecule has 5 nitrogen and oxygen atoms in total. The van der Waals surface area contributed by atoms with Crippen LogP contribution >= 0.6 is 0 Å². The van der Waals surface area contributed by atoms with Crippen molar-refractivity contribution in [3.8, 4) is 11.5 Å². The molecule has 112 valence electrons. The van der Waals surface area contributed by atoms with Crippen molar-refractivity contribution in [3.05, 3.63) is 40.5 Å². The van der Waals surface area contributed by atoms with Gasteiger partial charge in [0.05, 0.1) is 6.10 Å². The second-order valence-corrected chi connectivity index (χ2v) is 5.05. The number of phenols is 2. The Morgan fingerprint density at radius 2 is 2.05 bits per heavy atom. The minimum Gasteiger partial charge on any atom is -0.508 e.